The van der Waals surface area contributed by atoms with Gasteiger partial charge in [-0.25, -0.2) is 0 Å². The Kier molecular flexibility index (Phi) is 8.97. The molecule has 0 fully saturated rings. The molecular weight excluding hydrogens is 350 g/mol. The lowest BCUT2D eigenvalue weighted by Crippen LogP contribution is -1.99. The van der Waals surface area contributed by atoms with Gasteiger partial charge in [0.05, 0.1) is 5.69 Å². The molecule has 2 N–H and O–H groups in total. The van der Waals surface area contributed by atoms with Gasteiger partial charge in [-0.2, -0.15) is 0 Å². The van der Waals surface area contributed by atoms with Gasteiger partial charge in [0.2, 0.25) is 0 Å². The average Bonchev–Trinajstić information content (AvgIpc) is 3.09. The van der Waals surface area contributed by atoms with Crippen LogP contribution < -0.4 is 5.48 Å². The van der Waals surface area contributed by atoms with Crippen molar-refractivity contribution in [3.05, 3.63) is 77.5 Å². The second-order valence-electron chi connectivity index (χ2n) is 6.25. The van der Waals surface area contributed by atoms with E-state index in [1.807, 2.05) is 62.4 Å². The van der Waals surface area contributed by atoms with Gasteiger partial charge in [0.15, 0.2) is 5.76 Å². The molecule has 1 aromatic rings. The van der Waals surface area contributed by atoms with Crippen LogP contribution in [0.25, 0.3) is 0 Å². The lowest BCUT2D eigenvalue weighted by atomic mass is 10.1. The molecule has 1 aromatic carbocycles. The number of nitrogens with one attached hydrogen (secondary N) is 1. The molecular formula is C24H29NO3. The highest BCUT2D eigenvalue weighted by Gasteiger charge is 2.09. The monoisotopic (exact) mass is 379 g/mol. The highest BCUT2D eigenvalue weighted by Crippen LogP contribution is 2.22. The Bertz CT molecular complexity index is 822. The molecule has 3 rings (SSSR count). The Morgan fingerprint density at radius 2 is 1.89 bits per heavy atom. The maximum absolute atomic E-state index is 9.18. The molecule has 4 nitrogen and oxygen atoms in total. The highest BCUT2D eigenvalue weighted by atomic mass is 16.5. The maximum atomic E-state index is 9.18. The van der Waals surface area contributed by atoms with Crippen molar-refractivity contribution in [2.24, 2.45) is 5.92 Å². The van der Waals surface area contributed by atoms with Crippen molar-refractivity contribution in [1.82, 2.24) is 0 Å². The number of hydrogen-bond donors (Lipinski definition) is 2. The topological polar surface area (TPSA) is 50.7 Å². The number of allylic oxidation sites excluding steroid dienone is 6. The second-order valence-corrected chi connectivity index (χ2v) is 6.25. The van der Waals surface area contributed by atoms with Crippen LogP contribution in [0.3, 0.4) is 0 Å². The minimum Gasteiger partial charge on any atom is -0.489 e. The van der Waals surface area contributed by atoms with Crippen LogP contribution in [-0.2, 0) is 16.1 Å². The first-order valence-corrected chi connectivity index (χ1v) is 9.84. The summed E-state index contributed by atoms with van der Waals surface area (Å²) in [6.45, 7) is 6.44. The molecule has 0 aliphatic heterocycles. The SMILES string of the molecule is CC.CC1C=C(OCc2ccccc2NO)C=CC(OC2=CCCCC#C2)=C1. The lowest BCUT2D eigenvalue weighted by molar-refractivity contribution is 0.209. The van der Waals surface area contributed by atoms with Gasteiger partial charge in [-0.15, -0.1) is 0 Å². The normalized spacial score (nSPS) is 17.9. The van der Waals surface area contributed by atoms with Gasteiger partial charge in [0, 0.05) is 12.0 Å². The summed E-state index contributed by atoms with van der Waals surface area (Å²) in [6, 6.07) is 7.47. The zero-order chi connectivity index (χ0) is 20.2. The zero-order valence-corrected chi connectivity index (χ0v) is 16.9. The third-order valence-electron chi connectivity index (χ3n) is 4.07. The average molecular weight is 380 g/mol. The Balaban J connectivity index is 0.00000136. The van der Waals surface area contributed by atoms with E-state index in [1.54, 1.807) is 6.07 Å². The minimum atomic E-state index is 0.167. The predicted molar refractivity (Wildman–Crippen MR) is 113 cm³/mol. The molecule has 0 amide bonds. The van der Waals surface area contributed by atoms with Crippen LogP contribution in [0, 0.1) is 17.8 Å². The van der Waals surface area contributed by atoms with Gasteiger partial charge >= 0.3 is 0 Å². The van der Waals surface area contributed by atoms with Gasteiger partial charge in [0.25, 0.3) is 0 Å². The number of ether oxygens (including phenoxy) is 2. The zero-order valence-electron chi connectivity index (χ0n) is 16.9. The van der Waals surface area contributed by atoms with Crippen LogP contribution in [0.1, 0.15) is 45.6 Å². The van der Waals surface area contributed by atoms with Crippen molar-refractivity contribution in [3.63, 3.8) is 0 Å². The van der Waals surface area contributed by atoms with E-state index in [4.69, 9.17) is 9.47 Å². The Morgan fingerprint density at radius 1 is 1.14 bits per heavy atom. The fraction of sp³-hybridized carbons (Fsp3) is 0.333. The van der Waals surface area contributed by atoms with E-state index in [1.165, 1.54) is 0 Å². The van der Waals surface area contributed by atoms with Crippen molar-refractivity contribution in [2.45, 2.75) is 46.6 Å². The first kappa shape index (κ1) is 21.4. The third kappa shape index (κ3) is 6.68. The Morgan fingerprint density at radius 3 is 2.71 bits per heavy atom. The number of benzene rings is 1. The van der Waals surface area contributed by atoms with Crippen LogP contribution in [0.5, 0.6) is 0 Å². The number of hydrogen-bond acceptors (Lipinski definition) is 4. The molecule has 1 atom stereocenters. The van der Waals surface area contributed by atoms with Crippen LogP contribution in [0.15, 0.2) is 71.9 Å². The standard InChI is InChI=1S/C22H23NO3.C2H6/c1-17-14-20(25-16-18-8-6-7-11-22(18)23-24)12-13-21(15-17)26-19-9-4-2-3-5-10-19;1-2/h6-9,11-15,17,23-24H,2-4,16H2,1H3;1-2H3. The molecule has 2 aliphatic rings. The Hall–Kier alpha value is -2.90. The minimum absolute atomic E-state index is 0.167. The van der Waals surface area contributed by atoms with Crippen molar-refractivity contribution in [2.75, 3.05) is 5.48 Å². The summed E-state index contributed by atoms with van der Waals surface area (Å²) in [5.74, 6) is 8.61. The van der Waals surface area contributed by atoms with Crippen molar-refractivity contribution >= 4 is 5.69 Å². The van der Waals surface area contributed by atoms with Crippen LogP contribution in [0.2, 0.25) is 0 Å². The highest BCUT2D eigenvalue weighted by molar-refractivity contribution is 5.48. The van der Waals surface area contributed by atoms with Gasteiger partial charge in [-0.1, -0.05) is 44.9 Å². The van der Waals surface area contributed by atoms with Gasteiger partial charge in [-0.3, -0.25) is 10.7 Å². The third-order valence-corrected chi connectivity index (χ3v) is 4.07. The molecule has 28 heavy (non-hydrogen) atoms. The summed E-state index contributed by atoms with van der Waals surface area (Å²) in [5, 5.41) is 9.18. The fourth-order valence-electron chi connectivity index (χ4n) is 2.74. The molecule has 0 bridgehead atoms. The van der Waals surface area contributed by atoms with Crippen LogP contribution >= 0.6 is 0 Å². The molecule has 2 aliphatic carbocycles. The van der Waals surface area contributed by atoms with Crippen molar-refractivity contribution in [3.8, 4) is 11.8 Å². The number of rotatable bonds is 6. The van der Waals surface area contributed by atoms with E-state index in [-0.39, 0.29) is 5.92 Å². The van der Waals surface area contributed by atoms with Crippen molar-refractivity contribution < 1.29 is 14.7 Å². The maximum Gasteiger partial charge on any atom is 0.173 e. The molecule has 0 aromatic heterocycles. The van der Waals surface area contributed by atoms with Crippen LogP contribution in [0.4, 0.5) is 5.69 Å². The largest absolute Gasteiger partial charge is 0.489 e. The molecule has 4 heteroatoms. The molecule has 0 saturated heterocycles. The smallest absolute Gasteiger partial charge is 0.173 e. The number of anilines is 1. The summed E-state index contributed by atoms with van der Waals surface area (Å²) in [7, 11) is 0. The Labute approximate surface area is 168 Å². The van der Waals surface area contributed by atoms with E-state index in [0.717, 1.165) is 42.1 Å². The summed E-state index contributed by atoms with van der Waals surface area (Å²) in [4.78, 5) is 0. The predicted octanol–water partition coefficient (Wildman–Crippen LogP) is 6.09. The molecule has 0 heterocycles. The molecule has 148 valence electrons. The van der Waals surface area contributed by atoms with E-state index in [9.17, 15) is 5.21 Å². The summed E-state index contributed by atoms with van der Waals surface area (Å²) >= 11 is 0. The van der Waals surface area contributed by atoms with Crippen molar-refractivity contribution in [1.29, 1.82) is 0 Å². The number of para-hydroxylation sites is 1. The molecule has 0 spiro atoms. The summed E-state index contributed by atoms with van der Waals surface area (Å²) in [6.07, 6.45) is 12.9. The van der Waals surface area contributed by atoms with Gasteiger partial charge in [-0.05, 0) is 61.1 Å². The van der Waals surface area contributed by atoms with Gasteiger partial charge in [0.1, 0.15) is 18.1 Å². The van der Waals surface area contributed by atoms with E-state index < -0.39 is 0 Å². The fourth-order valence-corrected chi connectivity index (χ4v) is 2.74. The van der Waals surface area contributed by atoms with E-state index in [2.05, 4.69) is 24.2 Å². The van der Waals surface area contributed by atoms with E-state index >= 15 is 0 Å². The molecule has 0 radical (unpaired) electrons. The quantitative estimate of drug-likeness (QED) is 0.464. The first-order chi connectivity index (χ1) is 13.7. The summed E-state index contributed by atoms with van der Waals surface area (Å²) in [5.41, 5.74) is 3.71. The molecule has 1 unspecified atom stereocenters. The second kappa shape index (κ2) is 11.7. The summed E-state index contributed by atoms with van der Waals surface area (Å²) < 4.78 is 11.9. The van der Waals surface area contributed by atoms with E-state index in [0.29, 0.717) is 12.3 Å². The molecule has 0 saturated carbocycles. The van der Waals surface area contributed by atoms with Gasteiger partial charge < -0.3 is 9.47 Å². The lowest BCUT2D eigenvalue weighted by Gasteiger charge is -2.11. The first-order valence-electron chi connectivity index (χ1n) is 9.84. The van der Waals surface area contributed by atoms with Crippen LogP contribution in [-0.4, -0.2) is 5.21 Å².